The van der Waals surface area contributed by atoms with Gasteiger partial charge in [0.05, 0.1) is 26.3 Å². The van der Waals surface area contributed by atoms with Crippen molar-refractivity contribution in [3.63, 3.8) is 0 Å². The Kier molecular flexibility index (Phi) is 8.72. The number of methoxy groups -OCH3 is 3. The number of nitro groups is 1. The summed E-state index contributed by atoms with van der Waals surface area (Å²) in [5, 5.41) is 13.8. The lowest BCUT2D eigenvalue weighted by atomic mass is 10.3. The van der Waals surface area contributed by atoms with Crippen LogP contribution in [0.2, 0.25) is 0 Å². The molecule has 0 saturated carbocycles. The molecule has 0 fully saturated rings. The van der Waals surface area contributed by atoms with Crippen LogP contribution in [0.3, 0.4) is 0 Å². The van der Waals surface area contributed by atoms with Crippen LogP contribution < -0.4 is 19.6 Å². The van der Waals surface area contributed by atoms with Crippen LogP contribution in [0.15, 0.2) is 41.6 Å². The number of aromatic nitrogens is 1. The summed E-state index contributed by atoms with van der Waals surface area (Å²) >= 11 is 0. The molecule has 0 aliphatic rings. The first kappa shape index (κ1) is 21.4. The molecule has 0 spiro atoms. The summed E-state index contributed by atoms with van der Waals surface area (Å²) in [5.41, 5.74) is 2.11. The predicted octanol–water partition coefficient (Wildman–Crippen LogP) is 2.44. The zero-order chi connectivity index (χ0) is 20.2. The number of hydrogen-bond donors (Lipinski definition) is 1. The zero-order valence-electron chi connectivity index (χ0n) is 15.3. The first-order chi connectivity index (χ1) is 12.9. The Hall–Kier alpha value is -3.69. The second kappa shape index (κ2) is 11.0. The Labute approximate surface area is 155 Å². The van der Waals surface area contributed by atoms with Crippen molar-refractivity contribution in [3.8, 4) is 17.2 Å². The Balaban J connectivity index is 0.000000277. The lowest BCUT2D eigenvalue weighted by molar-refractivity contribution is -0.385. The fourth-order valence-electron chi connectivity index (χ4n) is 1.71. The van der Waals surface area contributed by atoms with Gasteiger partial charge in [-0.15, -0.1) is 0 Å². The van der Waals surface area contributed by atoms with Gasteiger partial charge in [0.25, 0.3) is 11.6 Å². The van der Waals surface area contributed by atoms with Crippen molar-refractivity contribution >= 4 is 17.8 Å². The van der Waals surface area contributed by atoms with Gasteiger partial charge in [0.2, 0.25) is 0 Å². The van der Waals surface area contributed by atoms with Crippen molar-refractivity contribution < 1.29 is 23.9 Å². The second-order valence-electron chi connectivity index (χ2n) is 4.74. The number of nitrogens with zero attached hydrogens (tertiary/aromatic N) is 3. The molecule has 0 unspecified atom stereocenters. The van der Waals surface area contributed by atoms with Crippen molar-refractivity contribution in [3.05, 3.63) is 52.3 Å². The average Bonchev–Trinajstić information content (AvgIpc) is 2.71. The van der Waals surface area contributed by atoms with Gasteiger partial charge in [0.1, 0.15) is 29.1 Å². The van der Waals surface area contributed by atoms with E-state index in [4.69, 9.17) is 14.2 Å². The van der Waals surface area contributed by atoms with E-state index in [-0.39, 0.29) is 11.4 Å². The Morgan fingerprint density at radius 1 is 1.11 bits per heavy atom. The molecule has 1 heterocycles. The Bertz CT molecular complexity index is 737. The van der Waals surface area contributed by atoms with Crippen molar-refractivity contribution in [1.82, 2.24) is 10.4 Å². The fraction of sp³-hybridized carbons (Fsp3) is 0.235. The molecule has 1 N–H and O–H groups in total. The summed E-state index contributed by atoms with van der Waals surface area (Å²) in [4.78, 5) is 24.6. The summed E-state index contributed by atoms with van der Waals surface area (Å²) in [6, 6.07) is 7.85. The molecule has 2 rings (SSSR count). The van der Waals surface area contributed by atoms with Crippen molar-refractivity contribution in [2.45, 2.75) is 6.92 Å². The van der Waals surface area contributed by atoms with Crippen molar-refractivity contribution in [2.75, 3.05) is 21.3 Å². The SMILES string of the molecule is C/C=N/NC(=O)c1ccc([N+](=O)[O-])cn1.COc1cc(OC)cc(OC)c1. The molecular formula is C17H20N4O6. The van der Waals surface area contributed by atoms with Crippen LogP contribution in [0.25, 0.3) is 0 Å². The first-order valence-electron chi connectivity index (χ1n) is 7.60. The molecule has 1 amide bonds. The number of carbonyl (C=O) groups excluding carboxylic acids is 1. The van der Waals surface area contributed by atoms with Gasteiger partial charge in [-0.25, -0.2) is 10.4 Å². The summed E-state index contributed by atoms with van der Waals surface area (Å²) in [6.45, 7) is 1.64. The molecule has 0 aliphatic heterocycles. The van der Waals surface area contributed by atoms with E-state index in [1.165, 1.54) is 18.3 Å². The maximum absolute atomic E-state index is 11.2. The highest BCUT2D eigenvalue weighted by molar-refractivity contribution is 5.92. The van der Waals surface area contributed by atoms with Gasteiger partial charge in [-0.3, -0.25) is 14.9 Å². The third-order valence-corrected chi connectivity index (χ3v) is 3.05. The third-order valence-electron chi connectivity index (χ3n) is 3.05. The van der Waals surface area contributed by atoms with Crippen LogP contribution >= 0.6 is 0 Å². The number of nitrogens with one attached hydrogen (secondary N) is 1. The van der Waals surface area contributed by atoms with Crippen LogP contribution in [0, 0.1) is 10.1 Å². The summed E-state index contributed by atoms with van der Waals surface area (Å²) in [5.74, 6) is 1.67. The molecule has 0 atom stereocenters. The van der Waals surface area contributed by atoms with Crippen LogP contribution in [0.4, 0.5) is 5.69 Å². The van der Waals surface area contributed by atoms with Gasteiger partial charge in [0, 0.05) is 30.5 Å². The van der Waals surface area contributed by atoms with Crippen LogP contribution in [0.1, 0.15) is 17.4 Å². The molecule has 0 saturated heterocycles. The number of carbonyl (C=O) groups is 1. The minimum absolute atomic E-state index is 0.0752. The molecule has 144 valence electrons. The standard InChI is InChI=1S/C9H12O3.C8H8N4O3/c1-10-7-4-8(11-2)6-9(5-7)12-3;1-2-10-11-8(13)7-4-3-6(5-9-7)12(14)15/h4-6H,1-3H3;2-5H,1H3,(H,11,13)/b;10-2+. The van der Waals surface area contributed by atoms with Gasteiger partial charge in [-0.2, -0.15) is 5.10 Å². The average molecular weight is 376 g/mol. The number of pyridine rings is 1. The van der Waals surface area contributed by atoms with E-state index in [1.807, 2.05) is 0 Å². The minimum Gasteiger partial charge on any atom is -0.496 e. The molecule has 1 aromatic heterocycles. The number of amides is 1. The summed E-state index contributed by atoms with van der Waals surface area (Å²) < 4.78 is 15.1. The van der Waals surface area contributed by atoms with E-state index >= 15 is 0 Å². The summed E-state index contributed by atoms with van der Waals surface area (Å²) in [7, 11) is 4.82. The highest BCUT2D eigenvalue weighted by atomic mass is 16.6. The molecule has 10 nitrogen and oxygen atoms in total. The zero-order valence-corrected chi connectivity index (χ0v) is 15.3. The lowest BCUT2D eigenvalue weighted by Gasteiger charge is -2.06. The second-order valence-corrected chi connectivity index (χ2v) is 4.74. The molecule has 10 heteroatoms. The van der Waals surface area contributed by atoms with Gasteiger partial charge < -0.3 is 14.2 Å². The molecule has 1 aromatic carbocycles. The highest BCUT2D eigenvalue weighted by Gasteiger charge is 2.09. The minimum atomic E-state index is -0.584. The molecular weight excluding hydrogens is 356 g/mol. The van der Waals surface area contributed by atoms with Gasteiger partial charge in [0.15, 0.2) is 0 Å². The van der Waals surface area contributed by atoms with Gasteiger partial charge in [-0.05, 0) is 13.0 Å². The van der Waals surface area contributed by atoms with Gasteiger partial charge >= 0.3 is 0 Å². The molecule has 0 bridgehead atoms. The van der Waals surface area contributed by atoms with Gasteiger partial charge in [-0.1, -0.05) is 0 Å². The molecule has 0 radical (unpaired) electrons. The monoisotopic (exact) mass is 376 g/mol. The normalized spacial score (nSPS) is 9.78. The van der Waals surface area contributed by atoms with Crippen LogP contribution in [0.5, 0.6) is 17.2 Å². The lowest BCUT2D eigenvalue weighted by Crippen LogP contribution is -2.18. The van der Waals surface area contributed by atoms with Crippen LogP contribution in [-0.2, 0) is 0 Å². The number of hydrogen-bond acceptors (Lipinski definition) is 8. The maximum atomic E-state index is 11.2. The molecule has 27 heavy (non-hydrogen) atoms. The molecule has 0 aliphatic carbocycles. The van der Waals surface area contributed by atoms with Crippen molar-refractivity contribution in [2.24, 2.45) is 5.10 Å². The number of benzene rings is 1. The quantitative estimate of drug-likeness (QED) is 0.466. The maximum Gasteiger partial charge on any atom is 0.289 e. The largest absolute Gasteiger partial charge is 0.496 e. The van der Waals surface area contributed by atoms with E-state index in [9.17, 15) is 14.9 Å². The van der Waals surface area contributed by atoms with E-state index in [0.717, 1.165) is 23.4 Å². The number of rotatable bonds is 6. The number of hydrazone groups is 1. The Morgan fingerprint density at radius 2 is 1.63 bits per heavy atom. The van der Waals surface area contributed by atoms with Crippen molar-refractivity contribution in [1.29, 1.82) is 0 Å². The van der Waals surface area contributed by atoms with E-state index in [2.05, 4.69) is 15.5 Å². The smallest absolute Gasteiger partial charge is 0.289 e. The first-order valence-corrected chi connectivity index (χ1v) is 7.60. The number of ether oxygens (including phenoxy) is 3. The third kappa shape index (κ3) is 6.98. The fourth-order valence-corrected chi connectivity index (χ4v) is 1.71. The summed E-state index contributed by atoms with van der Waals surface area (Å²) in [6.07, 6.45) is 2.42. The highest BCUT2D eigenvalue weighted by Crippen LogP contribution is 2.26. The molecule has 2 aromatic rings. The van der Waals surface area contributed by atoms with E-state index < -0.39 is 10.8 Å². The topological polar surface area (TPSA) is 125 Å². The van der Waals surface area contributed by atoms with E-state index in [1.54, 1.807) is 46.5 Å². The van der Waals surface area contributed by atoms with Crippen LogP contribution in [-0.4, -0.2) is 43.4 Å². The van der Waals surface area contributed by atoms with E-state index in [0.29, 0.717) is 0 Å². The predicted molar refractivity (Wildman–Crippen MR) is 98.6 cm³/mol. The Morgan fingerprint density at radius 3 is 1.96 bits per heavy atom.